The molecule has 0 saturated carbocycles. The predicted octanol–water partition coefficient (Wildman–Crippen LogP) is 4.54. The molecule has 1 aromatic carbocycles. The highest BCUT2D eigenvalue weighted by atomic mass is 19.1. The Bertz CT molecular complexity index is 570. The molecule has 0 amide bonds. The second-order valence-electron chi connectivity index (χ2n) is 6.07. The lowest BCUT2D eigenvalue weighted by atomic mass is 9.70. The number of hydrogen-bond acceptors (Lipinski definition) is 2. The van der Waals surface area contributed by atoms with E-state index >= 15 is 0 Å². The van der Waals surface area contributed by atoms with Crippen LogP contribution in [0.5, 0.6) is 5.75 Å². The summed E-state index contributed by atoms with van der Waals surface area (Å²) in [6.45, 7) is 6.18. The van der Waals surface area contributed by atoms with Gasteiger partial charge in [-0.3, -0.25) is 4.79 Å². The van der Waals surface area contributed by atoms with E-state index in [4.69, 9.17) is 4.74 Å². The van der Waals surface area contributed by atoms with Crippen molar-refractivity contribution in [3.8, 4) is 5.75 Å². The molecule has 0 bridgehead atoms. The van der Waals surface area contributed by atoms with Crippen molar-refractivity contribution in [3.63, 3.8) is 0 Å². The Morgan fingerprint density at radius 1 is 1.35 bits per heavy atom. The Morgan fingerprint density at radius 2 is 2.05 bits per heavy atom. The first-order valence-corrected chi connectivity index (χ1v) is 6.95. The number of ether oxygens (including phenoxy) is 1. The molecule has 0 N–H and O–H groups in total. The van der Waals surface area contributed by atoms with E-state index in [1.54, 1.807) is 6.07 Å². The summed E-state index contributed by atoms with van der Waals surface area (Å²) in [5.74, 6) is -0.394. The number of benzene rings is 1. The summed E-state index contributed by atoms with van der Waals surface area (Å²) in [6, 6.07) is 4.41. The first-order chi connectivity index (χ1) is 9.36. The van der Waals surface area contributed by atoms with E-state index in [1.165, 1.54) is 19.2 Å². The quantitative estimate of drug-likeness (QED) is 0.757. The van der Waals surface area contributed by atoms with Crippen LogP contribution >= 0.6 is 0 Å². The third kappa shape index (κ3) is 2.62. The molecule has 0 aromatic heterocycles. The van der Waals surface area contributed by atoms with E-state index in [9.17, 15) is 9.18 Å². The van der Waals surface area contributed by atoms with E-state index < -0.39 is 5.82 Å². The molecule has 1 aliphatic carbocycles. The molecule has 0 saturated heterocycles. The summed E-state index contributed by atoms with van der Waals surface area (Å²) in [4.78, 5) is 12.7. The maximum Gasteiger partial charge on any atom is 0.189 e. The third-order valence-corrected chi connectivity index (χ3v) is 4.10. The molecule has 0 atom stereocenters. The van der Waals surface area contributed by atoms with Crippen molar-refractivity contribution in [2.24, 2.45) is 5.41 Å². The van der Waals surface area contributed by atoms with E-state index in [0.717, 1.165) is 30.4 Å². The number of carbonyl (C=O) groups excluding carboxylic acids is 1. The summed E-state index contributed by atoms with van der Waals surface area (Å²) in [6.07, 6.45) is 3.04. The highest BCUT2D eigenvalue weighted by molar-refractivity contribution is 6.10. The van der Waals surface area contributed by atoms with Gasteiger partial charge in [-0.15, -0.1) is 0 Å². The average molecular weight is 276 g/mol. The molecule has 108 valence electrons. The van der Waals surface area contributed by atoms with Gasteiger partial charge in [-0.25, -0.2) is 4.39 Å². The van der Waals surface area contributed by atoms with Crippen molar-refractivity contribution in [3.05, 3.63) is 40.7 Å². The smallest absolute Gasteiger partial charge is 0.189 e. The first-order valence-electron chi connectivity index (χ1n) is 6.95. The van der Waals surface area contributed by atoms with E-state index in [-0.39, 0.29) is 16.9 Å². The maximum absolute atomic E-state index is 13.8. The SMILES string of the molecule is COc1ccc(C(=O)C2=C(C)CCCC2(C)C)cc1F. The summed E-state index contributed by atoms with van der Waals surface area (Å²) < 4.78 is 18.7. The van der Waals surface area contributed by atoms with Gasteiger partial charge in [-0.05, 0) is 49.8 Å². The van der Waals surface area contributed by atoms with Crippen LogP contribution in [0.25, 0.3) is 0 Å². The van der Waals surface area contributed by atoms with Crippen LogP contribution in [0.15, 0.2) is 29.3 Å². The Balaban J connectivity index is 2.43. The van der Waals surface area contributed by atoms with Gasteiger partial charge in [0.05, 0.1) is 7.11 Å². The summed E-state index contributed by atoms with van der Waals surface area (Å²) in [5.41, 5.74) is 2.22. The molecule has 0 fully saturated rings. The number of Topliss-reactive ketones (excluding diaryl/α,β-unsaturated/α-hetero) is 1. The molecule has 0 spiro atoms. The normalized spacial score (nSPS) is 18.1. The fraction of sp³-hybridized carbons (Fsp3) is 0.471. The van der Waals surface area contributed by atoms with Gasteiger partial charge in [-0.1, -0.05) is 19.4 Å². The predicted molar refractivity (Wildman–Crippen MR) is 77.6 cm³/mol. The summed E-state index contributed by atoms with van der Waals surface area (Å²) >= 11 is 0. The third-order valence-electron chi connectivity index (χ3n) is 4.10. The fourth-order valence-corrected chi connectivity index (χ4v) is 3.08. The van der Waals surface area contributed by atoms with Crippen molar-refractivity contribution < 1.29 is 13.9 Å². The molecule has 2 rings (SSSR count). The fourth-order valence-electron chi connectivity index (χ4n) is 3.08. The lowest BCUT2D eigenvalue weighted by Gasteiger charge is -2.33. The zero-order chi connectivity index (χ0) is 14.9. The van der Waals surface area contributed by atoms with Gasteiger partial charge in [0.25, 0.3) is 0 Å². The molecule has 1 aromatic rings. The lowest BCUT2D eigenvalue weighted by Crippen LogP contribution is -2.26. The average Bonchev–Trinajstić information content (AvgIpc) is 2.37. The minimum absolute atomic E-state index is 0.0613. The number of rotatable bonds is 3. The highest BCUT2D eigenvalue weighted by Crippen LogP contribution is 2.41. The van der Waals surface area contributed by atoms with E-state index in [2.05, 4.69) is 13.8 Å². The summed E-state index contributed by atoms with van der Waals surface area (Å²) in [5, 5.41) is 0. The van der Waals surface area contributed by atoms with Gasteiger partial charge >= 0.3 is 0 Å². The molecule has 0 unspecified atom stereocenters. The van der Waals surface area contributed by atoms with Crippen molar-refractivity contribution in [2.75, 3.05) is 7.11 Å². The molecule has 0 heterocycles. The summed E-state index contributed by atoms with van der Waals surface area (Å²) in [7, 11) is 1.41. The van der Waals surface area contributed by atoms with E-state index in [0.29, 0.717) is 5.56 Å². The number of halogens is 1. The molecule has 3 heteroatoms. The van der Waals surface area contributed by atoms with Crippen LogP contribution in [-0.4, -0.2) is 12.9 Å². The largest absolute Gasteiger partial charge is 0.494 e. The van der Waals surface area contributed by atoms with Crippen LogP contribution in [-0.2, 0) is 0 Å². The van der Waals surface area contributed by atoms with Crippen molar-refractivity contribution in [1.82, 2.24) is 0 Å². The molecular formula is C17H21FO2. The number of allylic oxidation sites excluding steroid dienone is 2. The minimum Gasteiger partial charge on any atom is -0.494 e. The zero-order valence-corrected chi connectivity index (χ0v) is 12.5. The molecule has 2 nitrogen and oxygen atoms in total. The Labute approximate surface area is 119 Å². The van der Waals surface area contributed by atoms with Crippen molar-refractivity contribution >= 4 is 5.78 Å². The van der Waals surface area contributed by atoms with Gasteiger partial charge in [0.2, 0.25) is 0 Å². The number of hydrogen-bond donors (Lipinski definition) is 0. The molecule has 1 aliphatic rings. The van der Waals surface area contributed by atoms with Gasteiger partial charge in [-0.2, -0.15) is 0 Å². The van der Waals surface area contributed by atoms with Crippen LogP contribution in [0.4, 0.5) is 4.39 Å². The van der Waals surface area contributed by atoms with Gasteiger partial charge in [0.15, 0.2) is 17.3 Å². The zero-order valence-electron chi connectivity index (χ0n) is 12.5. The Morgan fingerprint density at radius 3 is 2.60 bits per heavy atom. The van der Waals surface area contributed by atoms with Gasteiger partial charge < -0.3 is 4.74 Å². The van der Waals surface area contributed by atoms with Gasteiger partial charge in [0.1, 0.15) is 0 Å². The van der Waals surface area contributed by atoms with Crippen LogP contribution in [0.2, 0.25) is 0 Å². The number of ketones is 1. The second-order valence-corrected chi connectivity index (χ2v) is 6.07. The van der Waals surface area contributed by atoms with E-state index in [1.807, 2.05) is 6.92 Å². The highest BCUT2D eigenvalue weighted by Gasteiger charge is 2.33. The van der Waals surface area contributed by atoms with Crippen LogP contribution < -0.4 is 4.74 Å². The maximum atomic E-state index is 13.8. The lowest BCUT2D eigenvalue weighted by molar-refractivity contribution is 0.0997. The molecule has 0 aliphatic heterocycles. The Hall–Kier alpha value is -1.64. The Kier molecular flexibility index (Phi) is 3.98. The van der Waals surface area contributed by atoms with Crippen molar-refractivity contribution in [2.45, 2.75) is 40.0 Å². The monoisotopic (exact) mass is 276 g/mol. The first kappa shape index (κ1) is 14.8. The van der Waals surface area contributed by atoms with Crippen LogP contribution in [0.3, 0.4) is 0 Å². The molecule has 20 heavy (non-hydrogen) atoms. The van der Waals surface area contributed by atoms with Gasteiger partial charge in [0, 0.05) is 11.1 Å². The number of methoxy groups -OCH3 is 1. The van der Waals surface area contributed by atoms with Crippen molar-refractivity contribution in [1.29, 1.82) is 0 Å². The molecule has 0 radical (unpaired) electrons. The molecular weight excluding hydrogens is 255 g/mol. The van der Waals surface area contributed by atoms with Crippen LogP contribution in [0, 0.1) is 11.2 Å². The minimum atomic E-state index is -0.495. The number of carbonyl (C=O) groups is 1. The topological polar surface area (TPSA) is 26.3 Å². The van der Waals surface area contributed by atoms with Crippen LogP contribution in [0.1, 0.15) is 50.4 Å². The second kappa shape index (κ2) is 5.39. The standard InChI is InChI=1S/C17H21FO2/c1-11-6-5-9-17(2,3)15(11)16(19)12-7-8-14(20-4)13(18)10-12/h7-8,10H,5-6,9H2,1-4H3.